The van der Waals surface area contributed by atoms with E-state index in [1.807, 2.05) is 6.07 Å². The lowest BCUT2D eigenvalue weighted by Crippen LogP contribution is -2.53. The van der Waals surface area contributed by atoms with Crippen LogP contribution in [0.25, 0.3) is 0 Å². The Kier molecular flexibility index (Phi) is 11.9. The molecule has 0 bridgehead atoms. The summed E-state index contributed by atoms with van der Waals surface area (Å²) in [5.41, 5.74) is -2.48. The number of carboxylic acids is 2. The van der Waals surface area contributed by atoms with E-state index in [0.717, 1.165) is 6.42 Å². The number of aliphatic carboxylic acids is 2. The number of carbonyl (C=O) groups is 5. The Balaban J connectivity index is 1.43. The fourth-order valence-electron chi connectivity index (χ4n) is 6.63. The summed E-state index contributed by atoms with van der Waals surface area (Å²) in [6, 6.07) is 10.2. The molecule has 14 nitrogen and oxygen atoms in total. The van der Waals surface area contributed by atoms with E-state index in [1.54, 1.807) is 49.1 Å². The first-order chi connectivity index (χ1) is 23.0. The third kappa shape index (κ3) is 9.66. The van der Waals surface area contributed by atoms with Gasteiger partial charge in [0.25, 0.3) is 5.92 Å². The molecule has 3 aliphatic rings. The van der Waals surface area contributed by atoms with Gasteiger partial charge in [0.1, 0.15) is 12.5 Å². The first-order valence-electron chi connectivity index (χ1n) is 16.2. The largest absolute Gasteiger partial charge is 0.552 e. The van der Waals surface area contributed by atoms with Crippen molar-refractivity contribution < 1.29 is 57.0 Å². The van der Waals surface area contributed by atoms with Crippen LogP contribution in [0.3, 0.4) is 0 Å². The Labute approximate surface area is 282 Å². The molecule has 3 N–H and O–H groups in total. The third-order valence-corrected chi connectivity index (χ3v) is 9.24. The van der Waals surface area contributed by atoms with Gasteiger partial charge in [-0.1, -0.05) is 30.3 Å². The number of hydrogen-bond acceptors (Lipinski definition) is 10. The van der Waals surface area contributed by atoms with E-state index in [2.05, 4.69) is 5.32 Å². The summed E-state index contributed by atoms with van der Waals surface area (Å²) >= 11 is 0. The second-order valence-corrected chi connectivity index (χ2v) is 13.5. The average Bonchev–Trinajstić information content (AvgIpc) is 3.56. The highest BCUT2D eigenvalue weighted by Gasteiger charge is 2.58. The topological polar surface area (TPSA) is 196 Å². The Morgan fingerprint density at radius 1 is 1.14 bits per heavy atom. The predicted molar refractivity (Wildman–Crippen MR) is 167 cm³/mol. The number of alkyl carbamates (subject to hydrolysis) is 1. The number of nitrogens with zero attached hydrogens (tertiary/aromatic N) is 3. The number of carbonyl (C=O) groups excluding carboxylic acids is 3. The van der Waals surface area contributed by atoms with Crippen LogP contribution in [-0.2, 0) is 39.6 Å². The van der Waals surface area contributed by atoms with Crippen LogP contribution in [-0.4, -0.2) is 112 Å². The second kappa shape index (κ2) is 15.5. The minimum absolute atomic E-state index is 0.0285. The number of piperidine rings is 1. The van der Waals surface area contributed by atoms with E-state index < -0.39 is 91.4 Å². The van der Waals surface area contributed by atoms with Crippen LogP contribution in [0.5, 0.6) is 0 Å². The molecule has 0 aromatic heterocycles. The number of nitriles is 1. The van der Waals surface area contributed by atoms with Crippen molar-refractivity contribution in [2.45, 2.75) is 94.3 Å². The number of likely N-dealkylation sites (tertiary alicyclic amines) is 2. The highest BCUT2D eigenvalue weighted by atomic mass is 19.3. The van der Waals surface area contributed by atoms with Crippen molar-refractivity contribution in [2.24, 2.45) is 5.92 Å². The van der Waals surface area contributed by atoms with Crippen molar-refractivity contribution in [1.29, 1.82) is 5.26 Å². The molecule has 0 radical (unpaired) electrons. The zero-order valence-corrected chi connectivity index (χ0v) is 27.4. The third-order valence-electron chi connectivity index (χ3n) is 9.24. The smallest absolute Gasteiger partial charge is 0.506 e. The number of nitrogens with one attached hydrogen (secondary N) is 1. The molecule has 3 unspecified atom stereocenters. The number of ether oxygens (including phenoxy) is 1. The number of carboxylic acid groups (broad SMARTS) is 2. The number of halogens is 2. The minimum Gasteiger partial charge on any atom is -0.506 e. The van der Waals surface area contributed by atoms with Gasteiger partial charge in [0.2, 0.25) is 5.91 Å². The molecule has 17 heteroatoms. The van der Waals surface area contributed by atoms with Gasteiger partial charge < -0.3 is 34.5 Å². The monoisotopic (exact) mass is 690 g/mol. The number of rotatable bonds is 14. The van der Waals surface area contributed by atoms with Gasteiger partial charge in [-0.3, -0.25) is 24.1 Å². The Morgan fingerprint density at radius 2 is 1.82 bits per heavy atom. The van der Waals surface area contributed by atoms with Crippen LogP contribution in [0.2, 0.25) is 0 Å². The number of benzene rings is 1. The van der Waals surface area contributed by atoms with Gasteiger partial charge in [0.05, 0.1) is 37.4 Å². The molecule has 2 amide bonds. The van der Waals surface area contributed by atoms with Crippen molar-refractivity contribution in [2.75, 3.05) is 26.2 Å². The summed E-state index contributed by atoms with van der Waals surface area (Å²) in [6.45, 7) is 3.24. The molecule has 0 spiro atoms. The van der Waals surface area contributed by atoms with Crippen LogP contribution < -0.4 is 5.32 Å². The van der Waals surface area contributed by atoms with E-state index >= 15 is 0 Å². The fourth-order valence-corrected chi connectivity index (χ4v) is 6.63. The molecular formula is C32H41BF2N4O10. The van der Waals surface area contributed by atoms with Crippen LogP contribution in [0.4, 0.5) is 13.6 Å². The first kappa shape index (κ1) is 37.5. The molecular weight excluding hydrogens is 649 g/mol. The molecule has 266 valence electrons. The normalized spacial score (nSPS) is 21.7. The summed E-state index contributed by atoms with van der Waals surface area (Å²) in [6.07, 6.45) is -1.29. The fraction of sp³-hybridized carbons (Fsp3) is 0.625. The zero-order valence-electron chi connectivity index (χ0n) is 27.4. The molecule has 0 saturated carbocycles. The second-order valence-electron chi connectivity index (χ2n) is 13.5. The molecule has 3 saturated heterocycles. The van der Waals surface area contributed by atoms with Gasteiger partial charge in [0, 0.05) is 25.0 Å². The van der Waals surface area contributed by atoms with E-state index in [0.29, 0.717) is 24.9 Å². The molecule has 4 rings (SSSR count). The van der Waals surface area contributed by atoms with Crippen molar-refractivity contribution in [3.8, 4) is 6.07 Å². The Hall–Kier alpha value is -4.30. The molecule has 3 fully saturated rings. The van der Waals surface area contributed by atoms with Crippen LogP contribution in [0, 0.1) is 17.2 Å². The lowest BCUT2D eigenvalue weighted by atomic mass is 9.75. The number of amides is 2. The van der Waals surface area contributed by atoms with Gasteiger partial charge in [-0.2, -0.15) is 5.26 Å². The minimum atomic E-state index is -2.83. The SMILES string of the molecule is CC(C)(CC(C#N)C(=O)N1CCCCC1COC(=O)NC(Cc1ccccc1)B1OC(=O)C(CC(=O)O)(CC(=O)O)O1)N1CCC(F)(F)C1. The maximum Gasteiger partial charge on any atom is 0.552 e. The molecule has 3 aliphatic heterocycles. The van der Waals surface area contributed by atoms with Gasteiger partial charge in [0.15, 0.2) is 5.60 Å². The van der Waals surface area contributed by atoms with Gasteiger partial charge in [-0.15, -0.1) is 0 Å². The standard InChI is InChI=1S/C32H41BF2N4O10/c1-30(2,38-13-11-32(34,35)20-38)15-22(18-36)27(44)39-12-7-6-10-23(39)19-47-29(46)37-24(14-21-8-4-3-5-9-21)33-48-28(45)31(49-33,16-25(40)41)17-26(42)43/h3-5,8-9,22-24H,6-7,10-17,19-20H2,1-2H3,(H,37,46)(H,40,41)(H,42,43). The lowest BCUT2D eigenvalue weighted by Gasteiger charge is -2.40. The molecule has 3 atom stereocenters. The van der Waals surface area contributed by atoms with Crippen LogP contribution in [0.1, 0.15) is 64.4 Å². The quantitative estimate of drug-likeness (QED) is 0.242. The average molecular weight is 691 g/mol. The highest BCUT2D eigenvalue weighted by molar-refractivity contribution is 6.51. The van der Waals surface area contributed by atoms with Crippen molar-refractivity contribution in [3.63, 3.8) is 0 Å². The van der Waals surface area contributed by atoms with Crippen molar-refractivity contribution in [1.82, 2.24) is 15.1 Å². The van der Waals surface area contributed by atoms with Gasteiger partial charge in [-0.05, 0) is 51.5 Å². The Bertz CT molecular complexity index is 1430. The summed E-state index contributed by atoms with van der Waals surface area (Å²) in [4.78, 5) is 65.7. The van der Waals surface area contributed by atoms with E-state index in [1.165, 1.54) is 4.90 Å². The van der Waals surface area contributed by atoms with Crippen LogP contribution in [0.15, 0.2) is 30.3 Å². The van der Waals surface area contributed by atoms with Gasteiger partial charge >= 0.3 is 31.1 Å². The number of hydrogen-bond donors (Lipinski definition) is 3. The Morgan fingerprint density at radius 3 is 2.41 bits per heavy atom. The summed E-state index contributed by atoms with van der Waals surface area (Å²) < 4.78 is 44.3. The summed E-state index contributed by atoms with van der Waals surface area (Å²) in [5.74, 6) is -9.72. The molecule has 1 aromatic carbocycles. The van der Waals surface area contributed by atoms with Crippen molar-refractivity contribution >= 4 is 37.0 Å². The molecule has 49 heavy (non-hydrogen) atoms. The maximum atomic E-state index is 13.9. The van der Waals surface area contributed by atoms with E-state index in [-0.39, 0.29) is 32.4 Å². The van der Waals surface area contributed by atoms with E-state index in [9.17, 15) is 48.2 Å². The zero-order chi connectivity index (χ0) is 36.0. The predicted octanol–water partition coefficient (Wildman–Crippen LogP) is 2.64. The van der Waals surface area contributed by atoms with Crippen LogP contribution >= 0.6 is 0 Å². The molecule has 3 heterocycles. The molecule has 0 aliphatic carbocycles. The summed E-state index contributed by atoms with van der Waals surface area (Å²) in [5, 5.41) is 31.2. The molecule has 1 aromatic rings. The number of alkyl halides is 2. The first-order valence-corrected chi connectivity index (χ1v) is 16.2. The maximum absolute atomic E-state index is 13.9. The van der Waals surface area contributed by atoms with E-state index in [4.69, 9.17) is 14.0 Å². The lowest BCUT2D eigenvalue weighted by molar-refractivity contribution is -0.157. The van der Waals surface area contributed by atoms with Gasteiger partial charge in [-0.25, -0.2) is 13.6 Å². The summed E-state index contributed by atoms with van der Waals surface area (Å²) in [7, 11) is -1.55. The highest BCUT2D eigenvalue weighted by Crippen LogP contribution is 2.36. The van der Waals surface area contributed by atoms with Crippen molar-refractivity contribution in [3.05, 3.63) is 35.9 Å².